The lowest BCUT2D eigenvalue weighted by Gasteiger charge is -2.18. The van der Waals surface area contributed by atoms with Crippen LogP contribution in [0.1, 0.15) is 55.5 Å². The number of nitrogens with zero attached hydrogens (tertiary/aromatic N) is 3. The topological polar surface area (TPSA) is 75.2 Å². The molecule has 136 valence electrons. The van der Waals surface area contributed by atoms with E-state index in [1.54, 1.807) is 4.90 Å². The van der Waals surface area contributed by atoms with Crippen LogP contribution in [-0.2, 0) is 9.59 Å². The highest BCUT2D eigenvalue weighted by molar-refractivity contribution is 7.15. The maximum atomic E-state index is 12.6. The van der Waals surface area contributed by atoms with Crippen molar-refractivity contribution in [2.24, 2.45) is 5.92 Å². The first-order valence-electron chi connectivity index (χ1n) is 9.06. The van der Waals surface area contributed by atoms with E-state index >= 15 is 0 Å². The minimum atomic E-state index is -0.363. The smallest absolute Gasteiger partial charge is 0.231 e. The maximum Gasteiger partial charge on any atom is 0.231 e. The summed E-state index contributed by atoms with van der Waals surface area (Å²) >= 11 is 1.44. The van der Waals surface area contributed by atoms with Gasteiger partial charge in [0.1, 0.15) is 5.01 Å². The molecule has 2 amide bonds. The van der Waals surface area contributed by atoms with Crippen LogP contribution in [0.3, 0.4) is 0 Å². The number of benzene rings is 1. The predicted octanol–water partition coefficient (Wildman–Crippen LogP) is 3.53. The van der Waals surface area contributed by atoms with Crippen molar-refractivity contribution in [1.29, 1.82) is 0 Å². The van der Waals surface area contributed by atoms with Crippen molar-refractivity contribution in [3.8, 4) is 0 Å². The molecule has 7 heteroatoms. The number of rotatable bonds is 5. The summed E-state index contributed by atoms with van der Waals surface area (Å²) in [6, 6.07) is 7.99. The molecule has 6 nitrogen and oxygen atoms in total. The molecule has 1 atom stereocenters. The second kappa shape index (κ2) is 6.79. The molecule has 2 aromatic rings. The highest BCUT2D eigenvalue weighted by Crippen LogP contribution is 2.42. The summed E-state index contributed by atoms with van der Waals surface area (Å²) in [5, 5.41) is 12.6. The predicted molar refractivity (Wildman–Crippen MR) is 102 cm³/mol. The molecule has 1 aromatic heterocycles. The van der Waals surface area contributed by atoms with Crippen molar-refractivity contribution in [3.05, 3.63) is 34.8 Å². The van der Waals surface area contributed by atoms with Crippen LogP contribution in [-0.4, -0.2) is 28.6 Å². The molecule has 2 aliphatic rings. The fourth-order valence-electron chi connectivity index (χ4n) is 3.17. The van der Waals surface area contributed by atoms with Gasteiger partial charge in [-0.05, 0) is 36.5 Å². The first kappa shape index (κ1) is 17.1. The first-order chi connectivity index (χ1) is 12.5. The van der Waals surface area contributed by atoms with Crippen molar-refractivity contribution in [3.63, 3.8) is 0 Å². The molecule has 2 heterocycles. The summed E-state index contributed by atoms with van der Waals surface area (Å²) in [4.78, 5) is 26.7. The summed E-state index contributed by atoms with van der Waals surface area (Å²) in [5.74, 6) is 0.389. The van der Waals surface area contributed by atoms with Gasteiger partial charge in [0, 0.05) is 24.6 Å². The van der Waals surface area contributed by atoms with Gasteiger partial charge in [-0.1, -0.05) is 37.3 Å². The van der Waals surface area contributed by atoms with Crippen molar-refractivity contribution in [2.75, 3.05) is 16.8 Å². The minimum Gasteiger partial charge on any atom is -0.312 e. The van der Waals surface area contributed by atoms with Crippen molar-refractivity contribution in [1.82, 2.24) is 10.2 Å². The third kappa shape index (κ3) is 3.49. The Morgan fingerprint density at radius 2 is 2.12 bits per heavy atom. The molecule has 1 saturated heterocycles. The SMILES string of the molecule is CC(C)c1cccc(N2C[C@@H](C(=O)Nc3nnc(C4CC4)s3)CC2=O)c1. The van der Waals surface area contributed by atoms with Gasteiger partial charge >= 0.3 is 0 Å². The lowest BCUT2D eigenvalue weighted by atomic mass is 10.0. The van der Waals surface area contributed by atoms with Crippen LogP contribution in [0.2, 0.25) is 0 Å². The number of hydrogen-bond acceptors (Lipinski definition) is 5. The molecule has 0 spiro atoms. The lowest BCUT2D eigenvalue weighted by Crippen LogP contribution is -2.28. The molecule has 1 saturated carbocycles. The largest absolute Gasteiger partial charge is 0.312 e. The summed E-state index contributed by atoms with van der Waals surface area (Å²) in [6.07, 6.45) is 2.54. The minimum absolute atomic E-state index is 0.0120. The number of hydrogen-bond donors (Lipinski definition) is 1. The summed E-state index contributed by atoms with van der Waals surface area (Å²) in [6.45, 7) is 4.65. The van der Waals surface area contributed by atoms with E-state index in [-0.39, 0.29) is 24.2 Å². The van der Waals surface area contributed by atoms with E-state index in [1.807, 2.05) is 18.2 Å². The van der Waals surface area contributed by atoms with E-state index in [2.05, 4.69) is 35.4 Å². The summed E-state index contributed by atoms with van der Waals surface area (Å²) in [7, 11) is 0. The number of aromatic nitrogens is 2. The molecule has 2 fully saturated rings. The van der Waals surface area contributed by atoms with Crippen LogP contribution in [0.25, 0.3) is 0 Å². The average molecular weight is 370 g/mol. The Bertz CT molecular complexity index is 844. The van der Waals surface area contributed by atoms with Gasteiger partial charge in [0.2, 0.25) is 16.9 Å². The van der Waals surface area contributed by atoms with Gasteiger partial charge in [-0.25, -0.2) is 0 Å². The van der Waals surface area contributed by atoms with Crippen LogP contribution in [0.15, 0.2) is 24.3 Å². The Morgan fingerprint density at radius 3 is 2.85 bits per heavy atom. The summed E-state index contributed by atoms with van der Waals surface area (Å²) in [5.41, 5.74) is 2.05. The Balaban J connectivity index is 1.43. The van der Waals surface area contributed by atoms with Crippen LogP contribution in [0.4, 0.5) is 10.8 Å². The maximum absolute atomic E-state index is 12.6. The molecular weight excluding hydrogens is 348 g/mol. The van der Waals surface area contributed by atoms with Crippen LogP contribution >= 0.6 is 11.3 Å². The van der Waals surface area contributed by atoms with Crippen molar-refractivity contribution >= 4 is 34.0 Å². The zero-order chi connectivity index (χ0) is 18.3. The van der Waals surface area contributed by atoms with Crippen LogP contribution in [0, 0.1) is 5.92 Å². The van der Waals surface area contributed by atoms with Crippen LogP contribution in [0.5, 0.6) is 0 Å². The zero-order valence-electron chi connectivity index (χ0n) is 14.9. The first-order valence-corrected chi connectivity index (χ1v) is 9.87. The van der Waals surface area contributed by atoms with E-state index in [4.69, 9.17) is 0 Å². The van der Waals surface area contributed by atoms with E-state index in [1.165, 1.54) is 16.9 Å². The van der Waals surface area contributed by atoms with Crippen molar-refractivity contribution < 1.29 is 9.59 Å². The van der Waals surface area contributed by atoms with Crippen LogP contribution < -0.4 is 10.2 Å². The monoisotopic (exact) mass is 370 g/mol. The van der Waals surface area contributed by atoms with Gasteiger partial charge in [-0.15, -0.1) is 10.2 Å². The van der Waals surface area contributed by atoms with Gasteiger partial charge < -0.3 is 10.2 Å². The lowest BCUT2D eigenvalue weighted by molar-refractivity contribution is -0.122. The molecule has 0 bridgehead atoms. The highest BCUT2D eigenvalue weighted by Gasteiger charge is 2.36. The Kier molecular flexibility index (Phi) is 4.48. The highest BCUT2D eigenvalue weighted by atomic mass is 32.1. The number of nitrogens with one attached hydrogen (secondary N) is 1. The summed E-state index contributed by atoms with van der Waals surface area (Å²) < 4.78 is 0. The molecule has 0 unspecified atom stereocenters. The van der Waals surface area contributed by atoms with Gasteiger partial charge in [0.25, 0.3) is 0 Å². The average Bonchev–Trinajstić information content (AvgIpc) is 3.25. The molecule has 1 aromatic carbocycles. The van der Waals surface area contributed by atoms with E-state index in [0.717, 1.165) is 23.5 Å². The van der Waals surface area contributed by atoms with E-state index in [0.29, 0.717) is 23.5 Å². The van der Waals surface area contributed by atoms with Crippen molar-refractivity contribution in [2.45, 2.75) is 44.9 Å². The molecule has 1 aliphatic heterocycles. The molecule has 1 N–H and O–H groups in total. The number of carbonyl (C=O) groups excluding carboxylic acids is 2. The molecule has 0 radical (unpaired) electrons. The van der Waals surface area contributed by atoms with E-state index < -0.39 is 0 Å². The Hall–Kier alpha value is -2.28. The second-order valence-corrected chi connectivity index (χ2v) is 8.37. The van der Waals surface area contributed by atoms with Gasteiger partial charge in [-0.2, -0.15) is 0 Å². The van der Waals surface area contributed by atoms with Gasteiger partial charge in [0.15, 0.2) is 0 Å². The molecule has 1 aliphatic carbocycles. The number of carbonyl (C=O) groups is 2. The zero-order valence-corrected chi connectivity index (χ0v) is 15.8. The number of amides is 2. The number of anilines is 2. The third-order valence-electron chi connectivity index (χ3n) is 4.94. The second-order valence-electron chi connectivity index (χ2n) is 7.36. The third-order valence-corrected chi connectivity index (χ3v) is 5.94. The Labute approximate surface area is 156 Å². The molecule has 4 rings (SSSR count). The van der Waals surface area contributed by atoms with E-state index in [9.17, 15) is 9.59 Å². The fourth-order valence-corrected chi connectivity index (χ4v) is 4.09. The molecule has 26 heavy (non-hydrogen) atoms. The molecular formula is C19H22N4O2S. The Morgan fingerprint density at radius 1 is 1.31 bits per heavy atom. The van der Waals surface area contributed by atoms with Gasteiger partial charge in [-0.3, -0.25) is 9.59 Å². The standard InChI is InChI=1S/C19H22N4O2S/c1-11(2)13-4-3-5-15(8-13)23-10-14(9-16(23)24)17(25)20-19-22-21-18(26-19)12-6-7-12/h3-5,8,11-12,14H,6-7,9-10H2,1-2H3,(H,20,22,25)/t14-/m0/s1. The normalized spacial score (nSPS) is 20.0. The van der Waals surface area contributed by atoms with Gasteiger partial charge in [0.05, 0.1) is 5.92 Å². The quantitative estimate of drug-likeness (QED) is 0.874. The fraction of sp³-hybridized carbons (Fsp3) is 0.474.